The lowest BCUT2D eigenvalue weighted by Gasteiger charge is -2.13. The fourth-order valence-corrected chi connectivity index (χ4v) is 2.12. The number of aryl methyl sites for hydroxylation is 1. The minimum atomic E-state index is -0.0822. The van der Waals surface area contributed by atoms with Crippen molar-refractivity contribution in [2.75, 3.05) is 0 Å². The molecule has 2 nitrogen and oxygen atoms in total. The van der Waals surface area contributed by atoms with Crippen LogP contribution in [0.2, 0.25) is 0 Å². The van der Waals surface area contributed by atoms with Crippen LogP contribution in [0.25, 0.3) is 10.9 Å². The maximum atomic E-state index is 6.22. The van der Waals surface area contributed by atoms with Crippen LogP contribution in [-0.2, 0) is 5.54 Å². The maximum absolute atomic E-state index is 6.22. The Kier molecular flexibility index (Phi) is 1.65. The average Bonchev–Trinajstić information content (AvgIpc) is 2.96. The van der Waals surface area contributed by atoms with E-state index in [0.29, 0.717) is 0 Å². The smallest absolute Gasteiger partial charge is 0.0705 e. The molecular weight excluding hydrogens is 184 g/mol. The highest BCUT2D eigenvalue weighted by Gasteiger charge is 2.41. The Morgan fingerprint density at radius 2 is 2.00 bits per heavy atom. The molecule has 0 atom stereocenters. The summed E-state index contributed by atoms with van der Waals surface area (Å²) in [5, 5.41) is 1.19. The van der Waals surface area contributed by atoms with Crippen LogP contribution in [0.1, 0.15) is 24.1 Å². The second kappa shape index (κ2) is 2.80. The molecule has 1 aliphatic rings. The van der Waals surface area contributed by atoms with Crippen LogP contribution in [0.4, 0.5) is 0 Å². The van der Waals surface area contributed by atoms with Crippen molar-refractivity contribution in [1.82, 2.24) is 4.98 Å². The van der Waals surface area contributed by atoms with Crippen molar-refractivity contribution in [3.8, 4) is 0 Å². The summed E-state index contributed by atoms with van der Waals surface area (Å²) >= 11 is 0. The number of rotatable bonds is 1. The van der Waals surface area contributed by atoms with Gasteiger partial charge in [-0.2, -0.15) is 0 Å². The second-order valence-corrected chi connectivity index (χ2v) is 4.47. The van der Waals surface area contributed by atoms with E-state index < -0.39 is 0 Å². The molecule has 1 fully saturated rings. The Labute approximate surface area is 89.1 Å². The Morgan fingerprint density at radius 3 is 2.73 bits per heavy atom. The zero-order valence-electron chi connectivity index (χ0n) is 8.83. The minimum absolute atomic E-state index is 0.0822. The standard InChI is InChI=1S/C13H14N2/c1-9-11(13(14)6-7-13)8-10-4-2-3-5-12(10)15-9/h2-5,8H,6-7,14H2,1H3. The van der Waals surface area contributed by atoms with E-state index in [2.05, 4.69) is 24.0 Å². The molecule has 0 radical (unpaired) electrons. The summed E-state index contributed by atoms with van der Waals surface area (Å²) in [6.07, 6.45) is 2.18. The molecule has 3 rings (SSSR count). The van der Waals surface area contributed by atoms with E-state index in [1.54, 1.807) is 0 Å². The molecular formula is C13H14N2. The Hall–Kier alpha value is -1.41. The molecule has 0 spiro atoms. The van der Waals surface area contributed by atoms with Crippen LogP contribution in [-0.4, -0.2) is 4.98 Å². The SMILES string of the molecule is Cc1nc2ccccc2cc1C1(N)CC1. The van der Waals surface area contributed by atoms with Crippen molar-refractivity contribution < 1.29 is 0 Å². The average molecular weight is 198 g/mol. The van der Waals surface area contributed by atoms with Crippen molar-refractivity contribution >= 4 is 10.9 Å². The van der Waals surface area contributed by atoms with Crippen LogP contribution >= 0.6 is 0 Å². The number of fused-ring (bicyclic) bond motifs is 1. The molecule has 1 heterocycles. The van der Waals surface area contributed by atoms with Crippen LogP contribution < -0.4 is 5.73 Å². The van der Waals surface area contributed by atoms with Crippen molar-refractivity contribution in [2.24, 2.45) is 5.73 Å². The molecule has 0 aliphatic heterocycles. The summed E-state index contributed by atoms with van der Waals surface area (Å²) in [5.41, 5.74) is 9.50. The van der Waals surface area contributed by atoms with E-state index >= 15 is 0 Å². The highest BCUT2D eigenvalue weighted by atomic mass is 14.8. The van der Waals surface area contributed by atoms with Crippen LogP contribution in [0.15, 0.2) is 30.3 Å². The number of benzene rings is 1. The molecule has 0 bridgehead atoms. The lowest BCUT2D eigenvalue weighted by molar-refractivity contribution is 0.728. The second-order valence-electron chi connectivity index (χ2n) is 4.47. The Bertz CT molecular complexity index is 527. The zero-order valence-corrected chi connectivity index (χ0v) is 8.83. The van der Waals surface area contributed by atoms with Gasteiger partial charge in [0.05, 0.1) is 5.52 Å². The third-order valence-corrected chi connectivity index (χ3v) is 3.24. The lowest BCUT2D eigenvalue weighted by atomic mass is 10.0. The Morgan fingerprint density at radius 1 is 1.27 bits per heavy atom. The third-order valence-electron chi connectivity index (χ3n) is 3.24. The van der Waals surface area contributed by atoms with E-state index in [9.17, 15) is 0 Å². The summed E-state index contributed by atoms with van der Waals surface area (Å²) < 4.78 is 0. The van der Waals surface area contributed by atoms with Gasteiger partial charge in [0.1, 0.15) is 0 Å². The number of pyridine rings is 1. The van der Waals surface area contributed by atoms with Gasteiger partial charge in [-0.15, -0.1) is 0 Å². The fourth-order valence-electron chi connectivity index (χ4n) is 2.12. The summed E-state index contributed by atoms with van der Waals surface area (Å²) in [5.74, 6) is 0. The molecule has 76 valence electrons. The predicted octanol–water partition coefficient (Wildman–Crippen LogP) is 2.49. The summed E-state index contributed by atoms with van der Waals surface area (Å²) in [6, 6.07) is 10.4. The van der Waals surface area contributed by atoms with Gasteiger partial charge in [-0.1, -0.05) is 18.2 Å². The van der Waals surface area contributed by atoms with Crippen molar-refractivity contribution in [2.45, 2.75) is 25.3 Å². The first kappa shape index (κ1) is 8.86. The Balaban J connectivity index is 2.27. The lowest BCUT2D eigenvalue weighted by Crippen LogP contribution is -2.20. The number of nitrogens with two attached hydrogens (primary N) is 1. The first-order valence-electron chi connectivity index (χ1n) is 5.35. The molecule has 0 amide bonds. The molecule has 2 N–H and O–H groups in total. The molecule has 0 saturated heterocycles. The van der Waals surface area contributed by atoms with Gasteiger partial charge < -0.3 is 5.73 Å². The van der Waals surface area contributed by atoms with E-state index in [1.165, 1.54) is 10.9 Å². The largest absolute Gasteiger partial charge is 0.321 e. The zero-order chi connectivity index (χ0) is 10.5. The van der Waals surface area contributed by atoms with Gasteiger partial charge in [0.15, 0.2) is 0 Å². The summed E-state index contributed by atoms with van der Waals surface area (Å²) in [6.45, 7) is 2.05. The van der Waals surface area contributed by atoms with Gasteiger partial charge in [-0.3, -0.25) is 4.98 Å². The van der Waals surface area contributed by atoms with Crippen LogP contribution in [0.5, 0.6) is 0 Å². The fraction of sp³-hybridized carbons (Fsp3) is 0.308. The summed E-state index contributed by atoms with van der Waals surface area (Å²) in [4.78, 5) is 4.60. The molecule has 2 heteroatoms. The van der Waals surface area contributed by atoms with E-state index in [0.717, 1.165) is 24.1 Å². The topological polar surface area (TPSA) is 38.9 Å². The first-order valence-corrected chi connectivity index (χ1v) is 5.35. The van der Waals surface area contributed by atoms with Gasteiger partial charge in [-0.05, 0) is 37.5 Å². The molecule has 1 aromatic heterocycles. The third kappa shape index (κ3) is 1.33. The quantitative estimate of drug-likeness (QED) is 0.764. The monoisotopic (exact) mass is 198 g/mol. The molecule has 15 heavy (non-hydrogen) atoms. The van der Waals surface area contributed by atoms with Crippen molar-refractivity contribution in [3.05, 3.63) is 41.6 Å². The molecule has 1 aliphatic carbocycles. The number of hydrogen-bond donors (Lipinski definition) is 1. The number of aromatic nitrogens is 1. The minimum Gasteiger partial charge on any atom is -0.321 e. The van der Waals surface area contributed by atoms with Gasteiger partial charge >= 0.3 is 0 Å². The molecule has 0 unspecified atom stereocenters. The molecule has 1 saturated carbocycles. The number of para-hydroxylation sites is 1. The van der Waals surface area contributed by atoms with Gasteiger partial charge in [0, 0.05) is 16.6 Å². The molecule has 2 aromatic rings. The first-order chi connectivity index (χ1) is 7.19. The van der Waals surface area contributed by atoms with Crippen molar-refractivity contribution in [3.63, 3.8) is 0 Å². The highest BCUT2D eigenvalue weighted by molar-refractivity contribution is 5.79. The highest BCUT2D eigenvalue weighted by Crippen LogP contribution is 2.44. The van der Waals surface area contributed by atoms with Crippen molar-refractivity contribution in [1.29, 1.82) is 0 Å². The van der Waals surface area contributed by atoms with Gasteiger partial charge in [0.25, 0.3) is 0 Å². The van der Waals surface area contributed by atoms with Crippen LogP contribution in [0.3, 0.4) is 0 Å². The van der Waals surface area contributed by atoms with E-state index in [-0.39, 0.29) is 5.54 Å². The number of nitrogens with zero attached hydrogens (tertiary/aromatic N) is 1. The van der Waals surface area contributed by atoms with E-state index in [1.807, 2.05) is 18.2 Å². The molecule has 1 aromatic carbocycles. The predicted molar refractivity (Wildman–Crippen MR) is 61.6 cm³/mol. The van der Waals surface area contributed by atoms with Gasteiger partial charge in [0.2, 0.25) is 0 Å². The number of hydrogen-bond acceptors (Lipinski definition) is 2. The van der Waals surface area contributed by atoms with Crippen LogP contribution in [0, 0.1) is 6.92 Å². The maximum Gasteiger partial charge on any atom is 0.0705 e. The van der Waals surface area contributed by atoms with Gasteiger partial charge in [-0.25, -0.2) is 0 Å². The normalized spacial score (nSPS) is 18.0. The summed E-state index contributed by atoms with van der Waals surface area (Å²) in [7, 11) is 0. The van der Waals surface area contributed by atoms with E-state index in [4.69, 9.17) is 5.73 Å².